The first-order chi connectivity index (χ1) is 9.76. The first kappa shape index (κ1) is 20.0. The molecule has 2 atom stereocenters. The van der Waals surface area contributed by atoms with E-state index in [1.165, 1.54) is 18.7 Å². The normalized spacial score (nSPS) is 13.6. The number of nitrogens with one attached hydrogen (secondary N) is 2. The number of carbonyl (C=O) groups excluding carboxylic acids is 3. The van der Waals surface area contributed by atoms with Crippen LogP contribution in [0.4, 0.5) is 0 Å². The maximum Gasteiger partial charge on any atom is 0.233 e. The van der Waals surface area contributed by atoms with Crippen molar-refractivity contribution in [3.63, 3.8) is 0 Å². The van der Waals surface area contributed by atoms with Crippen LogP contribution in [0.2, 0.25) is 0 Å². The van der Waals surface area contributed by atoms with Gasteiger partial charge in [-0.25, -0.2) is 0 Å². The summed E-state index contributed by atoms with van der Waals surface area (Å²) < 4.78 is 0. The van der Waals surface area contributed by atoms with Crippen LogP contribution in [0.3, 0.4) is 0 Å². The second kappa shape index (κ2) is 10.7. The van der Waals surface area contributed by atoms with E-state index in [0.29, 0.717) is 12.2 Å². The molecule has 0 aromatic carbocycles. The molecule has 122 valence electrons. The molecule has 0 aliphatic carbocycles. The molecule has 0 fully saturated rings. The van der Waals surface area contributed by atoms with Crippen LogP contribution in [0, 0.1) is 0 Å². The molecule has 0 aromatic rings. The molecule has 6 heteroatoms. The number of ketones is 1. The molecule has 0 rings (SSSR count). The van der Waals surface area contributed by atoms with Crippen LogP contribution in [-0.2, 0) is 14.4 Å². The van der Waals surface area contributed by atoms with Crippen molar-refractivity contribution in [3.8, 4) is 0 Å². The monoisotopic (exact) mass is 316 g/mol. The summed E-state index contributed by atoms with van der Waals surface area (Å²) in [6.07, 6.45) is 1.42. The second-order valence-corrected chi connectivity index (χ2v) is 6.87. The van der Waals surface area contributed by atoms with E-state index >= 15 is 0 Å². The van der Waals surface area contributed by atoms with E-state index in [-0.39, 0.29) is 36.1 Å². The van der Waals surface area contributed by atoms with Crippen molar-refractivity contribution in [3.05, 3.63) is 0 Å². The van der Waals surface area contributed by atoms with Crippen LogP contribution in [0.15, 0.2) is 0 Å². The Hall–Kier alpha value is -1.04. The zero-order valence-corrected chi connectivity index (χ0v) is 14.5. The summed E-state index contributed by atoms with van der Waals surface area (Å²) in [7, 11) is 0. The summed E-state index contributed by atoms with van der Waals surface area (Å²) in [5.74, 6) is 0.387. The maximum absolute atomic E-state index is 12.1. The van der Waals surface area contributed by atoms with Crippen molar-refractivity contribution >= 4 is 29.4 Å². The summed E-state index contributed by atoms with van der Waals surface area (Å²) >= 11 is 1.37. The van der Waals surface area contributed by atoms with Crippen LogP contribution in [0.5, 0.6) is 0 Å². The number of thioether (sulfide) groups is 1. The summed E-state index contributed by atoms with van der Waals surface area (Å²) in [5.41, 5.74) is 0. The third kappa shape index (κ3) is 10.3. The molecule has 0 saturated carbocycles. The molecule has 2 N–H and O–H groups in total. The molecule has 0 spiro atoms. The molecule has 5 nitrogen and oxygen atoms in total. The maximum atomic E-state index is 12.1. The van der Waals surface area contributed by atoms with Gasteiger partial charge < -0.3 is 10.6 Å². The fourth-order valence-electron chi connectivity index (χ4n) is 1.55. The van der Waals surface area contributed by atoms with Gasteiger partial charge in [-0.05, 0) is 34.1 Å². The Kier molecular flexibility index (Phi) is 10.1. The lowest BCUT2D eigenvalue weighted by Gasteiger charge is -2.19. The minimum Gasteiger partial charge on any atom is -0.354 e. The number of Topliss-reactive ketones (excluding diaryl/α,β-unsaturated/α-hetero) is 1. The first-order valence-electron chi connectivity index (χ1n) is 7.47. The van der Waals surface area contributed by atoms with Crippen LogP contribution in [0.25, 0.3) is 0 Å². The van der Waals surface area contributed by atoms with E-state index in [0.717, 1.165) is 6.42 Å². The van der Waals surface area contributed by atoms with E-state index in [9.17, 15) is 14.4 Å². The highest BCUT2D eigenvalue weighted by Crippen LogP contribution is 2.17. The Morgan fingerprint density at radius 3 is 2.19 bits per heavy atom. The molecule has 2 amide bonds. The number of amides is 2. The average Bonchev–Trinajstić information content (AvgIpc) is 2.35. The molecule has 0 bridgehead atoms. The van der Waals surface area contributed by atoms with Crippen LogP contribution in [0.1, 0.15) is 53.9 Å². The SMILES string of the molecule is CCC(C)NC(=O)CC(SCCC(C)=O)C(=O)NC(C)C. The topological polar surface area (TPSA) is 75.3 Å². The fourth-order valence-corrected chi connectivity index (χ4v) is 2.73. The van der Waals surface area contributed by atoms with Crippen LogP contribution in [-0.4, -0.2) is 40.7 Å². The van der Waals surface area contributed by atoms with Gasteiger partial charge in [-0.1, -0.05) is 6.92 Å². The van der Waals surface area contributed by atoms with Crippen molar-refractivity contribution in [2.24, 2.45) is 0 Å². The van der Waals surface area contributed by atoms with Crippen molar-refractivity contribution in [1.29, 1.82) is 0 Å². The van der Waals surface area contributed by atoms with Gasteiger partial charge in [0.25, 0.3) is 0 Å². The largest absolute Gasteiger partial charge is 0.354 e. The van der Waals surface area contributed by atoms with E-state index in [2.05, 4.69) is 10.6 Å². The summed E-state index contributed by atoms with van der Waals surface area (Å²) in [5, 5.41) is 5.25. The molecule has 0 saturated heterocycles. The molecule has 0 aromatic heterocycles. The standard InChI is InChI=1S/C15H28N2O3S/c1-6-11(4)17-14(19)9-13(15(20)16-10(2)3)21-8-7-12(5)18/h10-11,13H,6-9H2,1-5H3,(H,16,20)(H,17,19). The van der Waals surface area contributed by atoms with Crippen molar-refractivity contribution in [1.82, 2.24) is 10.6 Å². The van der Waals surface area contributed by atoms with Crippen molar-refractivity contribution in [2.75, 3.05) is 5.75 Å². The first-order valence-corrected chi connectivity index (χ1v) is 8.51. The molecular formula is C15H28N2O3S. The van der Waals surface area contributed by atoms with Gasteiger partial charge >= 0.3 is 0 Å². The quantitative estimate of drug-likeness (QED) is 0.645. The van der Waals surface area contributed by atoms with Gasteiger partial charge in [-0.2, -0.15) is 0 Å². The number of carbonyl (C=O) groups is 3. The van der Waals surface area contributed by atoms with Gasteiger partial charge in [0.15, 0.2) is 0 Å². The number of rotatable bonds is 10. The molecule has 0 heterocycles. The molecule has 0 aliphatic rings. The predicted molar refractivity (Wildman–Crippen MR) is 87.3 cm³/mol. The average molecular weight is 316 g/mol. The summed E-state index contributed by atoms with van der Waals surface area (Å²) in [6.45, 7) is 9.22. The minimum atomic E-state index is -0.448. The Morgan fingerprint density at radius 2 is 1.71 bits per heavy atom. The lowest BCUT2D eigenvalue weighted by molar-refractivity contribution is -0.126. The summed E-state index contributed by atoms with van der Waals surface area (Å²) in [6, 6.07) is 0.138. The van der Waals surface area contributed by atoms with Crippen LogP contribution < -0.4 is 10.6 Å². The Balaban J connectivity index is 4.52. The van der Waals surface area contributed by atoms with Crippen molar-refractivity contribution in [2.45, 2.75) is 71.2 Å². The molecule has 0 aliphatic heterocycles. The lowest BCUT2D eigenvalue weighted by atomic mass is 10.2. The number of hydrogen-bond donors (Lipinski definition) is 2. The second-order valence-electron chi connectivity index (χ2n) is 5.56. The molecule has 21 heavy (non-hydrogen) atoms. The van der Waals surface area contributed by atoms with Crippen molar-refractivity contribution < 1.29 is 14.4 Å². The Morgan fingerprint density at radius 1 is 1.10 bits per heavy atom. The Bertz CT molecular complexity index is 359. The zero-order valence-electron chi connectivity index (χ0n) is 13.7. The van der Waals surface area contributed by atoms with Gasteiger partial charge in [-0.3, -0.25) is 14.4 Å². The van der Waals surface area contributed by atoms with E-state index in [1.54, 1.807) is 0 Å². The highest BCUT2D eigenvalue weighted by Gasteiger charge is 2.23. The Labute approximate surface area is 132 Å². The lowest BCUT2D eigenvalue weighted by Crippen LogP contribution is -2.41. The summed E-state index contributed by atoms with van der Waals surface area (Å²) in [4.78, 5) is 35.0. The van der Waals surface area contributed by atoms with Gasteiger partial charge in [-0.15, -0.1) is 11.8 Å². The fraction of sp³-hybridized carbons (Fsp3) is 0.800. The highest BCUT2D eigenvalue weighted by molar-refractivity contribution is 8.00. The third-order valence-electron chi connectivity index (χ3n) is 2.89. The van der Waals surface area contributed by atoms with Gasteiger partial charge in [0.05, 0.1) is 5.25 Å². The molecular weight excluding hydrogens is 288 g/mol. The third-order valence-corrected chi connectivity index (χ3v) is 4.11. The molecule has 2 unspecified atom stereocenters. The molecule has 0 radical (unpaired) electrons. The highest BCUT2D eigenvalue weighted by atomic mass is 32.2. The number of hydrogen-bond acceptors (Lipinski definition) is 4. The van der Waals surface area contributed by atoms with E-state index in [1.807, 2.05) is 27.7 Å². The van der Waals surface area contributed by atoms with Crippen LogP contribution >= 0.6 is 11.8 Å². The predicted octanol–water partition coefficient (Wildman–Crippen LogP) is 1.90. The van der Waals surface area contributed by atoms with Gasteiger partial charge in [0.2, 0.25) is 11.8 Å². The van der Waals surface area contributed by atoms with E-state index < -0.39 is 5.25 Å². The van der Waals surface area contributed by atoms with Gasteiger partial charge in [0.1, 0.15) is 5.78 Å². The van der Waals surface area contributed by atoms with Gasteiger partial charge in [0, 0.05) is 30.7 Å². The zero-order chi connectivity index (χ0) is 16.4. The van der Waals surface area contributed by atoms with E-state index in [4.69, 9.17) is 0 Å². The smallest absolute Gasteiger partial charge is 0.233 e. The minimum absolute atomic E-state index is 0.0334.